The SMILES string of the molecule is CC(C)(C)OC(=O)C(=C([O-])OC(C)(C)C)c1nc(Cl)nc(N(c2ccccc2)c2ccccc2)n1. The fourth-order valence-corrected chi connectivity index (χ4v) is 3.17. The van der Waals surface area contributed by atoms with Crippen LogP contribution in [0.5, 0.6) is 0 Å². The number of para-hydroxylation sites is 2. The summed E-state index contributed by atoms with van der Waals surface area (Å²) in [6, 6.07) is 18.7. The van der Waals surface area contributed by atoms with Crippen LogP contribution >= 0.6 is 11.6 Å². The van der Waals surface area contributed by atoms with Gasteiger partial charge in [-0.3, -0.25) is 4.90 Å². The van der Waals surface area contributed by atoms with Gasteiger partial charge in [0.15, 0.2) is 5.82 Å². The van der Waals surface area contributed by atoms with Crippen LogP contribution < -0.4 is 10.0 Å². The number of anilines is 3. The second-order valence-electron chi connectivity index (χ2n) is 9.61. The van der Waals surface area contributed by atoms with Crippen molar-refractivity contribution in [3.8, 4) is 0 Å². The summed E-state index contributed by atoms with van der Waals surface area (Å²) >= 11 is 6.28. The van der Waals surface area contributed by atoms with Gasteiger partial charge in [0.2, 0.25) is 11.2 Å². The lowest BCUT2D eigenvalue weighted by atomic mass is 10.1. The third-order valence-corrected chi connectivity index (χ3v) is 4.42. The van der Waals surface area contributed by atoms with Gasteiger partial charge in [0.25, 0.3) is 0 Å². The zero-order valence-electron chi connectivity index (χ0n) is 20.6. The number of aromatic nitrogens is 3. The summed E-state index contributed by atoms with van der Waals surface area (Å²) in [4.78, 5) is 27.7. The predicted octanol–water partition coefficient (Wildman–Crippen LogP) is 5.18. The maximum atomic E-state index is 13.1. The van der Waals surface area contributed by atoms with E-state index in [-0.39, 0.29) is 17.1 Å². The van der Waals surface area contributed by atoms with Gasteiger partial charge in [0.05, 0.1) is 5.95 Å². The molecule has 0 atom stereocenters. The molecule has 0 aliphatic rings. The minimum absolute atomic E-state index is 0.113. The molecule has 184 valence electrons. The zero-order valence-corrected chi connectivity index (χ0v) is 21.3. The first-order chi connectivity index (χ1) is 16.3. The molecule has 0 aliphatic carbocycles. The standard InChI is InChI=1S/C26H29ClN4O4/c1-25(2,3)34-21(32)19(22(33)35-26(4,5)6)20-28-23(27)30-24(29-20)31(17-13-9-7-10-14-17)18-15-11-8-12-16-18/h7-16,32H,1-6H3/p-1. The number of nitrogens with zero attached hydrogens (tertiary/aromatic N) is 4. The number of hydrogen-bond donors (Lipinski definition) is 0. The molecule has 0 saturated heterocycles. The van der Waals surface area contributed by atoms with Crippen LogP contribution in [0.2, 0.25) is 5.28 Å². The van der Waals surface area contributed by atoms with Crippen LogP contribution in [0.4, 0.5) is 17.3 Å². The molecule has 8 nitrogen and oxygen atoms in total. The maximum Gasteiger partial charge on any atom is 0.344 e. The highest BCUT2D eigenvalue weighted by atomic mass is 35.5. The molecule has 0 unspecified atom stereocenters. The van der Waals surface area contributed by atoms with Crippen molar-refractivity contribution in [2.75, 3.05) is 4.90 Å². The number of ether oxygens (including phenoxy) is 2. The molecule has 0 radical (unpaired) electrons. The highest BCUT2D eigenvalue weighted by Gasteiger charge is 2.28. The van der Waals surface area contributed by atoms with E-state index in [0.29, 0.717) is 0 Å². The topological polar surface area (TPSA) is 100 Å². The van der Waals surface area contributed by atoms with Gasteiger partial charge in [-0.25, -0.2) is 4.79 Å². The fraction of sp³-hybridized carbons (Fsp3) is 0.308. The Morgan fingerprint density at radius 3 is 1.74 bits per heavy atom. The second kappa shape index (κ2) is 10.3. The third-order valence-electron chi connectivity index (χ3n) is 4.25. The normalized spacial score (nSPS) is 12.5. The molecule has 0 fully saturated rings. The molecule has 0 bridgehead atoms. The summed E-state index contributed by atoms with van der Waals surface area (Å²) in [5.74, 6) is -1.99. The summed E-state index contributed by atoms with van der Waals surface area (Å²) in [6.45, 7) is 10.1. The van der Waals surface area contributed by atoms with Crippen LogP contribution in [-0.4, -0.2) is 32.1 Å². The van der Waals surface area contributed by atoms with Crippen molar-refractivity contribution in [3.05, 3.63) is 77.7 Å². The van der Waals surface area contributed by atoms with Gasteiger partial charge in [-0.1, -0.05) is 57.2 Å². The van der Waals surface area contributed by atoms with Crippen molar-refractivity contribution in [2.24, 2.45) is 0 Å². The number of rotatable bonds is 6. The number of benzene rings is 2. The van der Waals surface area contributed by atoms with Gasteiger partial charge in [-0.05, 0) is 56.6 Å². The summed E-state index contributed by atoms with van der Waals surface area (Å²) < 4.78 is 10.9. The van der Waals surface area contributed by atoms with E-state index in [2.05, 4.69) is 15.0 Å². The predicted molar refractivity (Wildman–Crippen MR) is 133 cm³/mol. The fourth-order valence-electron chi connectivity index (χ4n) is 3.01. The number of carbonyl (C=O) groups is 1. The molecule has 0 aliphatic heterocycles. The van der Waals surface area contributed by atoms with Crippen molar-refractivity contribution in [1.29, 1.82) is 0 Å². The first-order valence-corrected chi connectivity index (χ1v) is 11.4. The van der Waals surface area contributed by atoms with Crippen LogP contribution in [0, 0.1) is 0 Å². The van der Waals surface area contributed by atoms with Crippen LogP contribution in [0.15, 0.2) is 66.6 Å². The molecular formula is C26H28ClN4O4-. The quantitative estimate of drug-likeness (QED) is 0.262. The molecule has 35 heavy (non-hydrogen) atoms. The number of esters is 1. The molecule has 1 heterocycles. The maximum absolute atomic E-state index is 13.1. The minimum atomic E-state index is -0.925. The largest absolute Gasteiger partial charge is 0.607 e. The molecule has 0 amide bonds. The highest BCUT2D eigenvalue weighted by molar-refractivity contribution is 6.28. The van der Waals surface area contributed by atoms with Gasteiger partial charge in [-0.2, -0.15) is 15.0 Å². The summed E-state index contributed by atoms with van der Waals surface area (Å²) in [6.07, 6.45) is 0. The van der Waals surface area contributed by atoms with Crippen molar-refractivity contribution < 1.29 is 19.4 Å². The Hall–Kier alpha value is -3.65. The lowest BCUT2D eigenvalue weighted by Gasteiger charge is -2.32. The Morgan fingerprint density at radius 1 is 0.800 bits per heavy atom. The molecule has 1 aromatic heterocycles. The lowest BCUT2D eigenvalue weighted by Crippen LogP contribution is -2.30. The van der Waals surface area contributed by atoms with E-state index in [1.807, 2.05) is 60.7 Å². The van der Waals surface area contributed by atoms with Crippen LogP contribution in [0.1, 0.15) is 47.4 Å². The average molecular weight is 496 g/mol. The van der Waals surface area contributed by atoms with E-state index in [9.17, 15) is 9.90 Å². The van der Waals surface area contributed by atoms with Crippen molar-refractivity contribution in [1.82, 2.24) is 15.0 Å². The molecule has 3 rings (SSSR count). The Morgan fingerprint density at radius 2 is 1.29 bits per heavy atom. The van der Waals surface area contributed by atoms with Gasteiger partial charge in [0, 0.05) is 17.0 Å². The smallest absolute Gasteiger partial charge is 0.344 e. The van der Waals surface area contributed by atoms with Gasteiger partial charge in [0.1, 0.15) is 11.2 Å². The first-order valence-electron chi connectivity index (χ1n) is 11.0. The second-order valence-corrected chi connectivity index (χ2v) is 9.95. The van der Waals surface area contributed by atoms with Gasteiger partial charge in [-0.15, -0.1) is 0 Å². The molecule has 3 aromatic rings. The minimum Gasteiger partial charge on any atom is -0.607 e. The van der Waals surface area contributed by atoms with Crippen molar-refractivity contribution in [2.45, 2.75) is 52.7 Å². The van der Waals surface area contributed by atoms with Gasteiger partial charge < -0.3 is 14.6 Å². The molecule has 9 heteroatoms. The van der Waals surface area contributed by atoms with E-state index >= 15 is 0 Å². The first kappa shape index (κ1) is 26.0. The molecular weight excluding hydrogens is 468 g/mol. The number of hydrogen-bond acceptors (Lipinski definition) is 8. The summed E-state index contributed by atoms with van der Waals surface area (Å²) in [5, 5.41) is 12.9. The average Bonchev–Trinajstić information content (AvgIpc) is 2.73. The number of halogens is 1. The van der Waals surface area contributed by atoms with E-state index < -0.39 is 28.7 Å². The molecule has 0 N–H and O–H groups in total. The van der Waals surface area contributed by atoms with Crippen LogP contribution in [0.25, 0.3) is 5.57 Å². The van der Waals surface area contributed by atoms with E-state index in [0.717, 1.165) is 11.4 Å². The highest BCUT2D eigenvalue weighted by Crippen LogP contribution is 2.33. The Bertz CT molecular complexity index is 1160. The Balaban J connectivity index is 2.22. The zero-order chi connectivity index (χ0) is 25.8. The molecule has 0 spiro atoms. The molecule has 0 saturated carbocycles. The summed E-state index contributed by atoms with van der Waals surface area (Å²) in [5.41, 5.74) is -0.735. The van der Waals surface area contributed by atoms with Crippen molar-refractivity contribution >= 4 is 40.5 Å². The summed E-state index contributed by atoms with van der Waals surface area (Å²) in [7, 11) is 0. The van der Waals surface area contributed by atoms with Crippen LogP contribution in [0.3, 0.4) is 0 Å². The van der Waals surface area contributed by atoms with E-state index in [1.54, 1.807) is 46.4 Å². The van der Waals surface area contributed by atoms with E-state index in [4.69, 9.17) is 21.1 Å². The monoisotopic (exact) mass is 495 g/mol. The van der Waals surface area contributed by atoms with E-state index in [1.165, 1.54) is 0 Å². The van der Waals surface area contributed by atoms with Crippen LogP contribution in [-0.2, 0) is 14.3 Å². The molecule has 2 aromatic carbocycles. The number of carbonyl (C=O) groups excluding carboxylic acids is 1. The Labute approximate surface area is 210 Å². The Kier molecular flexibility index (Phi) is 7.65. The third kappa shape index (κ3) is 7.16. The van der Waals surface area contributed by atoms with Crippen molar-refractivity contribution in [3.63, 3.8) is 0 Å². The van der Waals surface area contributed by atoms with Gasteiger partial charge >= 0.3 is 5.97 Å². The lowest BCUT2D eigenvalue weighted by molar-refractivity contribution is -0.367.